The summed E-state index contributed by atoms with van der Waals surface area (Å²) in [4.78, 5) is 0. The number of aromatic amines is 1. The number of nitrogens with one attached hydrogen (secondary N) is 2. The van der Waals surface area contributed by atoms with Gasteiger partial charge in [0.15, 0.2) is 5.82 Å². The zero-order chi connectivity index (χ0) is 12.3. The van der Waals surface area contributed by atoms with Gasteiger partial charge in [0, 0.05) is 11.6 Å². The topological polar surface area (TPSA) is 66.5 Å². The fraction of sp³-hybridized carbons (Fsp3) is 0.364. The number of rotatable bonds is 4. The first-order chi connectivity index (χ1) is 8.18. The van der Waals surface area contributed by atoms with E-state index in [0.29, 0.717) is 11.4 Å². The summed E-state index contributed by atoms with van der Waals surface area (Å²) in [6.07, 6.45) is 0. The lowest BCUT2D eigenvalue weighted by Gasteiger charge is -2.18. The molecule has 1 aromatic carbocycles. The van der Waals surface area contributed by atoms with Crippen LogP contribution in [-0.4, -0.2) is 20.6 Å². The van der Waals surface area contributed by atoms with Crippen LogP contribution in [0.25, 0.3) is 0 Å². The van der Waals surface area contributed by atoms with E-state index in [4.69, 9.17) is 0 Å². The zero-order valence-electron chi connectivity index (χ0n) is 9.68. The fourth-order valence-corrected chi connectivity index (χ4v) is 1.72. The maximum Gasteiger partial charge on any atom is 0.191 e. The number of halogens is 1. The smallest absolute Gasteiger partial charge is 0.191 e. The molecule has 2 N–H and O–H groups in total. The van der Waals surface area contributed by atoms with Crippen LogP contribution in [0.3, 0.4) is 0 Å². The van der Waals surface area contributed by atoms with Crippen molar-refractivity contribution in [1.29, 1.82) is 0 Å². The molecule has 0 spiro atoms. The summed E-state index contributed by atoms with van der Waals surface area (Å²) in [7, 11) is 0. The Morgan fingerprint density at radius 3 is 2.65 bits per heavy atom. The Kier molecular flexibility index (Phi) is 3.43. The Bertz CT molecular complexity index is 470. The third kappa shape index (κ3) is 2.65. The predicted molar refractivity (Wildman–Crippen MR) is 60.5 cm³/mol. The monoisotopic (exact) mass is 235 g/mol. The number of tetrazole rings is 1. The number of H-pyrrole nitrogens is 1. The lowest BCUT2D eigenvalue weighted by molar-refractivity contribution is 0.460. The normalized spacial score (nSPS) is 14.5. The average molecular weight is 235 g/mol. The van der Waals surface area contributed by atoms with Gasteiger partial charge in [-0.05, 0) is 19.9 Å². The van der Waals surface area contributed by atoms with E-state index in [-0.39, 0.29) is 17.9 Å². The molecule has 0 aliphatic carbocycles. The summed E-state index contributed by atoms with van der Waals surface area (Å²) in [6, 6.07) is 6.49. The van der Waals surface area contributed by atoms with Crippen molar-refractivity contribution in [3.8, 4) is 0 Å². The lowest BCUT2D eigenvalue weighted by atomic mass is 10.1. The fourth-order valence-electron chi connectivity index (χ4n) is 1.72. The standard InChI is InChI=1S/C11H14FN5/c1-7(9-5-3-4-6-10(9)12)13-8(2)11-14-16-17-15-11/h3-8,13H,1-2H3,(H,14,15,16,17). The summed E-state index contributed by atoms with van der Waals surface area (Å²) in [5.74, 6) is 0.348. The van der Waals surface area contributed by atoms with Gasteiger partial charge < -0.3 is 5.32 Å². The second-order valence-electron chi connectivity index (χ2n) is 3.90. The highest BCUT2D eigenvalue weighted by molar-refractivity contribution is 5.20. The summed E-state index contributed by atoms with van der Waals surface area (Å²) >= 11 is 0. The van der Waals surface area contributed by atoms with Crippen molar-refractivity contribution in [2.45, 2.75) is 25.9 Å². The van der Waals surface area contributed by atoms with Gasteiger partial charge in [0.25, 0.3) is 0 Å². The van der Waals surface area contributed by atoms with Crippen molar-refractivity contribution in [2.75, 3.05) is 0 Å². The van der Waals surface area contributed by atoms with E-state index < -0.39 is 0 Å². The van der Waals surface area contributed by atoms with Crippen LogP contribution in [0.15, 0.2) is 24.3 Å². The van der Waals surface area contributed by atoms with Gasteiger partial charge in [-0.1, -0.05) is 23.4 Å². The Morgan fingerprint density at radius 1 is 1.24 bits per heavy atom. The quantitative estimate of drug-likeness (QED) is 0.847. The predicted octanol–water partition coefficient (Wildman–Crippen LogP) is 1.75. The molecule has 0 aliphatic heterocycles. The van der Waals surface area contributed by atoms with E-state index in [2.05, 4.69) is 25.9 Å². The van der Waals surface area contributed by atoms with Crippen LogP contribution in [0.4, 0.5) is 4.39 Å². The number of hydrogen-bond acceptors (Lipinski definition) is 4. The highest BCUT2D eigenvalue weighted by atomic mass is 19.1. The molecule has 90 valence electrons. The van der Waals surface area contributed by atoms with Crippen molar-refractivity contribution in [2.24, 2.45) is 0 Å². The molecule has 0 fully saturated rings. The molecule has 0 amide bonds. The summed E-state index contributed by atoms with van der Waals surface area (Å²) in [5.41, 5.74) is 0.628. The average Bonchev–Trinajstić information content (AvgIpc) is 2.82. The first-order valence-electron chi connectivity index (χ1n) is 5.42. The molecule has 0 aliphatic rings. The maximum atomic E-state index is 13.5. The summed E-state index contributed by atoms with van der Waals surface area (Å²) < 4.78 is 13.5. The molecule has 0 saturated heterocycles. The van der Waals surface area contributed by atoms with Gasteiger partial charge in [-0.3, -0.25) is 0 Å². The van der Waals surface area contributed by atoms with Crippen LogP contribution < -0.4 is 5.32 Å². The second-order valence-corrected chi connectivity index (χ2v) is 3.90. The number of hydrogen-bond donors (Lipinski definition) is 2. The lowest BCUT2D eigenvalue weighted by Crippen LogP contribution is -2.24. The summed E-state index contributed by atoms with van der Waals surface area (Å²) in [5, 5.41) is 16.9. The molecule has 0 radical (unpaired) electrons. The minimum atomic E-state index is -0.215. The molecule has 2 aromatic rings. The van der Waals surface area contributed by atoms with Gasteiger partial charge in [-0.25, -0.2) is 4.39 Å². The molecule has 5 nitrogen and oxygen atoms in total. The van der Waals surface area contributed by atoms with E-state index in [1.54, 1.807) is 12.1 Å². The van der Waals surface area contributed by atoms with E-state index in [9.17, 15) is 4.39 Å². The maximum absolute atomic E-state index is 13.5. The highest BCUT2D eigenvalue weighted by Crippen LogP contribution is 2.19. The molecule has 6 heteroatoms. The molecule has 2 rings (SSSR count). The first-order valence-corrected chi connectivity index (χ1v) is 5.42. The minimum absolute atomic E-state index is 0.0941. The van der Waals surface area contributed by atoms with Crippen molar-refractivity contribution in [3.05, 3.63) is 41.5 Å². The summed E-state index contributed by atoms with van der Waals surface area (Å²) in [6.45, 7) is 3.80. The second kappa shape index (κ2) is 5.01. The molecule has 2 unspecified atom stereocenters. The van der Waals surface area contributed by atoms with Crippen molar-refractivity contribution in [3.63, 3.8) is 0 Å². The highest BCUT2D eigenvalue weighted by Gasteiger charge is 2.16. The molecule has 0 bridgehead atoms. The van der Waals surface area contributed by atoms with Gasteiger partial charge in [0.1, 0.15) is 5.82 Å². The zero-order valence-corrected chi connectivity index (χ0v) is 9.68. The van der Waals surface area contributed by atoms with Crippen LogP contribution in [0.1, 0.15) is 37.3 Å². The first kappa shape index (κ1) is 11.7. The Balaban J connectivity index is 2.07. The molecule has 17 heavy (non-hydrogen) atoms. The van der Waals surface area contributed by atoms with E-state index in [1.165, 1.54) is 6.07 Å². The van der Waals surface area contributed by atoms with Crippen LogP contribution >= 0.6 is 0 Å². The minimum Gasteiger partial charge on any atom is -0.301 e. The molecular formula is C11H14FN5. The van der Waals surface area contributed by atoms with Gasteiger partial charge in [0.05, 0.1) is 6.04 Å². The Hall–Kier alpha value is -1.82. The Labute approximate surface area is 98.4 Å². The Morgan fingerprint density at radius 2 is 2.00 bits per heavy atom. The van der Waals surface area contributed by atoms with Gasteiger partial charge in [-0.2, -0.15) is 5.21 Å². The van der Waals surface area contributed by atoms with Crippen LogP contribution in [0, 0.1) is 5.82 Å². The van der Waals surface area contributed by atoms with Crippen LogP contribution in [0.2, 0.25) is 0 Å². The van der Waals surface area contributed by atoms with E-state index in [1.807, 2.05) is 19.9 Å². The number of nitrogens with zero attached hydrogens (tertiary/aromatic N) is 3. The van der Waals surface area contributed by atoms with Gasteiger partial charge in [0.2, 0.25) is 0 Å². The molecular weight excluding hydrogens is 221 g/mol. The molecule has 1 heterocycles. The van der Waals surface area contributed by atoms with E-state index in [0.717, 1.165) is 0 Å². The molecule has 0 saturated carbocycles. The third-order valence-corrected chi connectivity index (χ3v) is 2.62. The largest absolute Gasteiger partial charge is 0.301 e. The number of benzene rings is 1. The van der Waals surface area contributed by atoms with Crippen molar-refractivity contribution >= 4 is 0 Å². The van der Waals surface area contributed by atoms with Crippen molar-refractivity contribution < 1.29 is 4.39 Å². The SMILES string of the molecule is CC(NC(C)c1ccccc1F)c1nn[nH]n1. The third-order valence-electron chi connectivity index (χ3n) is 2.62. The number of aromatic nitrogens is 4. The van der Waals surface area contributed by atoms with Crippen molar-refractivity contribution in [1.82, 2.24) is 25.9 Å². The van der Waals surface area contributed by atoms with Gasteiger partial charge in [-0.15, -0.1) is 10.2 Å². The van der Waals surface area contributed by atoms with E-state index >= 15 is 0 Å². The van der Waals surface area contributed by atoms with Crippen LogP contribution in [-0.2, 0) is 0 Å². The van der Waals surface area contributed by atoms with Gasteiger partial charge >= 0.3 is 0 Å². The molecule has 1 aromatic heterocycles. The molecule has 2 atom stereocenters. The van der Waals surface area contributed by atoms with Crippen LogP contribution in [0.5, 0.6) is 0 Å².